The van der Waals surface area contributed by atoms with Gasteiger partial charge in [-0.05, 0) is 66.5 Å². The molecule has 0 spiro atoms. The number of rotatable bonds is 17. The second-order valence-electron chi connectivity index (χ2n) is 19.4. The predicted octanol–water partition coefficient (Wildman–Crippen LogP) is 3.57. The number of carbonyl (C=O) groups is 6. The number of hydrazine groups is 1. The van der Waals surface area contributed by atoms with E-state index in [1.807, 2.05) is 31.0 Å². The normalized spacial score (nSPS) is 35.3. The van der Waals surface area contributed by atoms with Crippen molar-refractivity contribution in [1.82, 2.24) is 14.9 Å². The van der Waals surface area contributed by atoms with E-state index in [1.165, 1.54) is 42.1 Å². The molecule has 3 aliphatic heterocycles. The van der Waals surface area contributed by atoms with E-state index >= 15 is 0 Å². The van der Waals surface area contributed by atoms with Crippen LogP contribution in [0.1, 0.15) is 114 Å². The van der Waals surface area contributed by atoms with E-state index in [2.05, 4.69) is 0 Å². The molecular formula is C49H85N3O19. The summed E-state index contributed by atoms with van der Waals surface area (Å²) in [5.74, 6) is -4.57. The maximum absolute atomic E-state index is 13.9. The molecule has 10 unspecified atom stereocenters. The van der Waals surface area contributed by atoms with Gasteiger partial charge in [-0.15, -0.1) is 0 Å². The van der Waals surface area contributed by atoms with Gasteiger partial charge >= 0.3 is 35.8 Å². The molecule has 22 nitrogen and oxygen atoms in total. The Morgan fingerprint density at radius 2 is 1.38 bits per heavy atom. The topological polar surface area (TPSA) is 232 Å². The van der Waals surface area contributed by atoms with Gasteiger partial charge in [-0.3, -0.25) is 28.8 Å². The predicted molar refractivity (Wildman–Crippen MR) is 253 cm³/mol. The minimum Gasteiger partial charge on any atom is -0.463 e. The van der Waals surface area contributed by atoms with Crippen LogP contribution in [0.4, 0.5) is 0 Å². The Labute approximate surface area is 420 Å². The third-order valence-electron chi connectivity index (χ3n) is 13.4. The number of nitrogens with zero attached hydrogens (tertiary/aromatic N) is 3. The Morgan fingerprint density at radius 3 is 1.93 bits per heavy atom. The third-order valence-corrected chi connectivity index (χ3v) is 13.4. The standard InChI is InChI=1S/C49H85N3O19/c1-18-37(56)67-35-24-39(58)62-28(4)20-21-51(13)52(14)26-36(65-31(7)53)27(3)22-34(23-40(59-15)60-16)44(45(35)61-17)70-48-46(66-32(8)54)42(50(11)12)43(29(5)64-48)69-41-25-49(10,71-33(9)55)47(30(6)63-41)68-38(57)19-2/h27-30,34-36,40-48H,18-26H2,1-17H3/t27-,28-,29?,30?,34-,35-,36+,41?,42?,43?,44+,45?,46?,47?,48?,49?/m1/s1. The average molecular weight is 1020 g/mol. The molecular weight excluding hydrogens is 935 g/mol. The van der Waals surface area contributed by atoms with E-state index in [-0.39, 0.29) is 38.0 Å². The average Bonchev–Trinajstić information content (AvgIpc) is 3.27. The van der Waals surface area contributed by atoms with Gasteiger partial charge in [0.2, 0.25) is 0 Å². The summed E-state index contributed by atoms with van der Waals surface area (Å²) in [6.07, 6.45) is -12.4. The first kappa shape index (κ1) is 61.7. The van der Waals surface area contributed by atoms with Crippen molar-refractivity contribution in [2.24, 2.45) is 11.8 Å². The highest BCUT2D eigenvalue weighted by Gasteiger charge is 2.56. The minimum atomic E-state index is -1.38. The first-order chi connectivity index (χ1) is 33.3. The van der Waals surface area contributed by atoms with E-state index in [9.17, 15) is 28.8 Å². The van der Waals surface area contributed by atoms with Gasteiger partial charge < -0.3 is 66.5 Å². The van der Waals surface area contributed by atoms with Crippen LogP contribution in [0.25, 0.3) is 0 Å². The fraction of sp³-hybridized carbons (Fsp3) is 0.878. The zero-order chi connectivity index (χ0) is 53.5. The molecule has 0 aromatic carbocycles. The highest BCUT2D eigenvalue weighted by atomic mass is 16.7. The van der Waals surface area contributed by atoms with Crippen LogP contribution < -0.4 is 0 Å². The number of ether oxygens (including phenoxy) is 13. The Kier molecular flexibility index (Phi) is 25.0. The molecule has 410 valence electrons. The van der Waals surface area contributed by atoms with E-state index in [0.29, 0.717) is 19.5 Å². The summed E-state index contributed by atoms with van der Waals surface area (Å²) in [6.45, 7) is 16.7. The zero-order valence-electron chi connectivity index (χ0n) is 45.2. The monoisotopic (exact) mass is 1020 g/mol. The molecule has 0 radical (unpaired) electrons. The molecule has 3 heterocycles. The van der Waals surface area contributed by atoms with Crippen LogP contribution in [0.3, 0.4) is 0 Å². The van der Waals surface area contributed by atoms with E-state index < -0.39 is 140 Å². The molecule has 22 heteroatoms. The van der Waals surface area contributed by atoms with Gasteiger partial charge in [0, 0.05) is 88.4 Å². The molecule has 16 atom stereocenters. The van der Waals surface area contributed by atoms with Gasteiger partial charge in [0.25, 0.3) is 0 Å². The van der Waals surface area contributed by atoms with Crippen molar-refractivity contribution in [1.29, 1.82) is 0 Å². The van der Waals surface area contributed by atoms with Crippen molar-refractivity contribution in [3.05, 3.63) is 0 Å². The summed E-state index contributed by atoms with van der Waals surface area (Å²) in [5, 5.41) is 3.89. The van der Waals surface area contributed by atoms with Crippen molar-refractivity contribution >= 4 is 35.8 Å². The van der Waals surface area contributed by atoms with Gasteiger partial charge in [-0.2, -0.15) is 0 Å². The van der Waals surface area contributed by atoms with Crippen LogP contribution in [0.5, 0.6) is 0 Å². The first-order valence-corrected chi connectivity index (χ1v) is 24.7. The van der Waals surface area contributed by atoms with Crippen LogP contribution in [0.15, 0.2) is 0 Å². The van der Waals surface area contributed by atoms with Crippen LogP contribution in [-0.2, 0) is 90.3 Å². The molecule has 71 heavy (non-hydrogen) atoms. The van der Waals surface area contributed by atoms with Crippen LogP contribution in [-0.4, -0.2) is 205 Å². The van der Waals surface area contributed by atoms with Crippen molar-refractivity contribution in [2.75, 3.05) is 62.6 Å². The second-order valence-corrected chi connectivity index (χ2v) is 19.4. The Balaban J connectivity index is 2.27. The molecule has 3 saturated heterocycles. The highest BCUT2D eigenvalue weighted by molar-refractivity contribution is 5.73. The van der Waals surface area contributed by atoms with Crippen LogP contribution in [0, 0.1) is 11.8 Å². The fourth-order valence-corrected chi connectivity index (χ4v) is 9.73. The lowest BCUT2D eigenvalue weighted by atomic mass is 9.82. The lowest BCUT2D eigenvalue weighted by Gasteiger charge is -2.51. The van der Waals surface area contributed by atoms with Crippen LogP contribution >= 0.6 is 0 Å². The fourth-order valence-electron chi connectivity index (χ4n) is 9.73. The summed E-state index contributed by atoms with van der Waals surface area (Å²) >= 11 is 0. The SMILES string of the molecule is CCC(=O)OC1C(C)OC(OC2C(C)OC(O[C@@H]3C(OC)[C@H](OC(=O)CC)CC(=O)O[C@H](C)CCN(C)N(C)C[C@H](OC(C)=O)[C@H](C)C[C@@H]3CC(OC)OC)C(OC(C)=O)C2N(C)C)CC1(C)OC(C)=O. The quantitative estimate of drug-likeness (QED) is 0.115. The van der Waals surface area contributed by atoms with Gasteiger partial charge in [0.15, 0.2) is 36.7 Å². The number of hydrogen-bond acceptors (Lipinski definition) is 22. The largest absolute Gasteiger partial charge is 0.463 e. The summed E-state index contributed by atoms with van der Waals surface area (Å²) in [6, 6.07) is -0.816. The molecule has 0 amide bonds. The van der Waals surface area contributed by atoms with Gasteiger partial charge in [0.1, 0.15) is 30.5 Å². The van der Waals surface area contributed by atoms with E-state index in [0.717, 1.165) is 0 Å². The van der Waals surface area contributed by atoms with Crippen molar-refractivity contribution < 1.29 is 90.3 Å². The Morgan fingerprint density at radius 1 is 0.761 bits per heavy atom. The number of methoxy groups -OCH3 is 3. The lowest BCUT2D eigenvalue weighted by Crippen LogP contribution is -2.67. The number of esters is 6. The van der Waals surface area contributed by atoms with E-state index in [4.69, 9.17) is 61.6 Å². The smallest absolute Gasteiger partial charge is 0.309 e. The van der Waals surface area contributed by atoms with Crippen molar-refractivity contribution in [2.45, 2.75) is 206 Å². The summed E-state index contributed by atoms with van der Waals surface area (Å²) < 4.78 is 80.5. The zero-order valence-corrected chi connectivity index (χ0v) is 45.2. The first-order valence-electron chi connectivity index (χ1n) is 24.7. The van der Waals surface area contributed by atoms with Gasteiger partial charge in [-0.25, -0.2) is 10.0 Å². The molecule has 3 rings (SSSR count). The lowest BCUT2D eigenvalue weighted by molar-refractivity contribution is -0.346. The summed E-state index contributed by atoms with van der Waals surface area (Å²) in [4.78, 5) is 79.9. The highest BCUT2D eigenvalue weighted by Crippen LogP contribution is 2.40. The van der Waals surface area contributed by atoms with Crippen molar-refractivity contribution in [3.8, 4) is 0 Å². The van der Waals surface area contributed by atoms with Gasteiger partial charge in [0.05, 0.1) is 37.3 Å². The molecule has 0 saturated carbocycles. The maximum Gasteiger partial charge on any atom is 0.309 e. The minimum absolute atomic E-state index is 0.0263. The maximum atomic E-state index is 13.9. The number of carbonyl (C=O) groups excluding carboxylic acids is 6. The molecule has 0 aliphatic carbocycles. The molecule has 3 aliphatic rings. The van der Waals surface area contributed by atoms with Gasteiger partial charge in [-0.1, -0.05) is 20.8 Å². The second kappa shape index (κ2) is 28.8. The number of likely N-dealkylation sites (N-methyl/N-ethyl adjacent to an activating group) is 2. The molecule has 0 aromatic heterocycles. The third kappa shape index (κ3) is 18.1. The molecule has 0 N–H and O–H groups in total. The molecule has 0 aromatic rings. The number of hydrogen-bond donors (Lipinski definition) is 0. The Bertz CT molecular complexity index is 1720. The van der Waals surface area contributed by atoms with Crippen LogP contribution in [0.2, 0.25) is 0 Å². The molecule has 0 bridgehead atoms. The van der Waals surface area contributed by atoms with E-state index in [1.54, 1.807) is 60.5 Å². The van der Waals surface area contributed by atoms with Crippen molar-refractivity contribution in [3.63, 3.8) is 0 Å². The summed E-state index contributed by atoms with van der Waals surface area (Å²) in [5.41, 5.74) is -1.36. The Hall–Kier alpha value is -3.58. The molecule has 3 fully saturated rings. The number of cyclic esters (lactones) is 1. The summed E-state index contributed by atoms with van der Waals surface area (Å²) in [7, 11) is 11.7.